The predicted octanol–water partition coefficient (Wildman–Crippen LogP) is 15.0. The van der Waals surface area contributed by atoms with E-state index in [2.05, 4.69) is 157 Å². The maximum Gasteiger partial charge on any atom is 0.160 e. The second-order valence-corrected chi connectivity index (χ2v) is 16.4. The molecule has 11 rings (SSSR count). The third-order valence-corrected chi connectivity index (χ3v) is 11.9. The minimum atomic E-state index is 0.661. The summed E-state index contributed by atoms with van der Waals surface area (Å²) in [6.07, 6.45) is 1.82. The van der Waals surface area contributed by atoms with Crippen LogP contribution in [-0.4, -0.2) is 29.9 Å². The first-order chi connectivity index (χ1) is 33.1. The molecule has 0 aliphatic rings. The van der Waals surface area contributed by atoms with Gasteiger partial charge in [-0.25, -0.2) is 19.9 Å². The zero-order valence-corrected chi connectivity index (χ0v) is 36.7. The second-order valence-electron chi connectivity index (χ2n) is 16.4. The van der Waals surface area contributed by atoms with Gasteiger partial charge in [0.2, 0.25) is 0 Å². The second kappa shape index (κ2) is 18.2. The molecule has 0 saturated heterocycles. The van der Waals surface area contributed by atoms with Crippen LogP contribution in [0.3, 0.4) is 0 Å². The molecule has 6 heteroatoms. The topological polar surface area (TPSA) is 77.3 Å². The standard InChI is InChI=1S/C61H42N6/c1-41-17-13-31-54(63-41)59-51(47-24-14-26-49(37-47)57-39-55(42-18-5-2-6-19-42)64-60(66-57)45-20-7-3-8-21-45)28-16-29-52(59)48-25-15-27-50(38-48)58-40-56(65-61(67-58)46-22-9-4-10-23-46)44-34-32-43(33-35-44)53-30-11-12-36-62-53/h2-40H,1H3. The Morgan fingerprint density at radius 1 is 0.254 bits per heavy atom. The van der Waals surface area contributed by atoms with Gasteiger partial charge in [0.05, 0.1) is 34.2 Å². The van der Waals surface area contributed by atoms with Crippen molar-refractivity contribution in [3.63, 3.8) is 0 Å². The molecule has 0 saturated carbocycles. The molecule has 0 amide bonds. The molecule has 316 valence electrons. The molecule has 11 aromatic rings. The molecule has 4 heterocycles. The van der Waals surface area contributed by atoms with Crippen molar-refractivity contribution < 1.29 is 0 Å². The number of aromatic nitrogens is 6. The maximum absolute atomic E-state index is 5.20. The molecule has 0 N–H and O–H groups in total. The first-order valence-electron chi connectivity index (χ1n) is 22.3. The highest BCUT2D eigenvalue weighted by molar-refractivity contribution is 5.95. The van der Waals surface area contributed by atoms with Gasteiger partial charge in [-0.3, -0.25) is 9.97 Å². The van der Waals surface area contributed by atoms with Gasteiger partial charge in [-0.05, 0) is 77.7 Å². The van der Waals surface area contributed by atoms with Crippen LogP contribution >= 0.6 is 0 Å². The fraction of sp³-hybridized carbons (Fsp3) is 0.0164. The van der Waals surface area contributed by atoms with Crippen LogP contribution in [0.25, 0.3) is 113 Å². The van der Waals surface area contributed by atoms with Gasteiger partial charge < -0.3 is 0 Å². The molecule has 0 fully saturated rings. The van der Waals surface area contributed by atoms with Crippen LogP contribution in [0.15, 0.2) is 237 Å². The smallest absolute Gasteiger partial charge is 0.160 e. The lowest BCUT2D eigenvalue weighted by Gasteiger charge is -2.17. The summed E-state index contributed by atoms with van der Waals surface area (Å²) in [7, 11) is 0. The van der Waals surface area contributed by atoms with Gasteiger partial charge in [0, 0.05) is 56.4 Å². The summed E-state index contributed by atoms with van der Waals surface area (Å²) in [5, 5.41) is 0. The van der Waals surface area contributed by atoms with E-state index in [1.54, 1.807) is 0 Å². The van der Waals surface area contributed by atoms with E-state index >= 15 is 0 Å². The first kappa shape index (κ1) is 40.8. The summed E-state index contributed by atoms with van der Waals surface area (Å²) in [6, 6.07) is 79.2. The molecule has 4 aromatic heterocycles. The van der Waals surface area contributed by atoms with Crippen molar-refractivity contribution in [1.29, 1.82) is 0 Å². The van der Waals surface area contributed by atoms with E-state index in [0.29, 0.717) is 11.6 Å². The van der Waals surface area contributed by atoms with Crippen LogP contribution in [0.1, 0.15) is 5.69 Å². The van der Waals surface area contributed by atoms with E-state index in [9.17, 15) is 0 Å². The Morgan fingerprint density at radius 2 is 0.642 bits per heavy atom. The summed E-state index contributed by atoms with van der Waals surface area (Å²) >= 11 is 0. The number of hydrogen-bond donors (Lipinski definition) is 0. The molecule has 0 spiro atoms. The molecular formula is C61H42N6. The fourth-order valence-electron chi connectivity index (χ4n) is 8.56. The third-order valence-electron chi connectivity index (χ3n) is 11.9. The third kappa shape index (κ3) is 8.67. The lowest BCUT2D eigenvalue weighted by Crippen LogP contribution is -1.97. The Bertz CT molecular complexity index is 3450. The molecule has 0 radical (unpaired) electrons. The van der Waals surface area contributed by atoms with Gasteiger partial charge >= 0.3 is 0 Å². The summed E-state index contributed by atoms with van der Waals surface area (Å²) in [4.78, 5) is 30.2. The van der Waals surface area contributed by atoms with E-state index in [4.69, 9.17) is 24.9 Å². The molecule has 0 bridgehead atoms. The van der Waals surface area contributed by atoms with Gasteiger partial charge in [0.15, 0.2) is 11.6 Å². The Balaban J connectivity index is 1.03. The van der Waals surface area contributed by atoms with Crippen molar-refractivity contribution >= 4 is 0 Å². The lowest BCUT2D eigenvalue weighted by atomic mass is 9.88. The highest BCUT2D eigenvalue weighted by Crippen LogP contribution is 2.42. The SMILES string of the molecule is Cc1cccc(-c2c(-c3cccc(-c4cc(-c5ccccc5)nc(-c5ccccc5)n4)c3)cccc2-c2cccc(-c3cc(-c4ccc(-c5ccccn5)cc4)nc(-c4ccccc4)n3)c2)n1. The molecule has 7 aromatic carbocycles. The monoisotopic (exact) mass is 858 g/mol. The van der Waals surface area contributed by atoms with Crippen molar-refractivity contribution in [2.24, 2.45) is 0 Å². The summed E-state index contributed by atoms with van der Waals surface area (Å²) in [6.45, 7) is 2.04. The van der Waals surface area contributed by atoms with Crippen LogP contribution in [0.4, 0.5) is 0 Å². The number of aryl methyl sites for hydroxylation is 1. The zero-order valence-electron chi connectivity index (χ0n) is 36.7. The maximum atomic E-state index is 5.20. The largest absolute Gasteiger partial charge is 0.256 e. The van der Waals surface area contributed by atoms with Crippen molar-refractivity contribution in [3.8, 4) is 113 Å². The van der Waals surface area contributed by atoms with Gasteiger partial charge in [-0.15, -0.1) is 0 Å². The fourth-order valence-corrected chi connectivity index (χ4v) is 8.56. The quantitative estimate of drug-likeness (QED) is 0.136. The van der Waals surface area contributed by atoms with E-state index < -0.39 is 0 Å². The molecule has 0 aliphatic carbocycles. The summed E-state index contributed by atoms with van der Waals surface area (Å²) < 4.78 is 0. The van der Waals surface area contributed by atoms with E-state index in [-0.39, 0.29) is 0 Å². The highest BCUT2D eigenvalue weighted by atomic mass is 14.9. The average Bonchev–Trinajstić information content (AvgIpc) is 3.41. The van der Waals surface area contributed by atoms with Gasteiger partial charge in [0.25, 0.3) is 0 Å². The predicted molar refractivity (Wildman–Crippen MR) is 272 cm³/mol. The van der Waals surface area contributed by atoms with Gasteiger partial charge in [-0.2, -0.15) is 0 Å². The zero-order chi connectivity index (χ0) is 44.9. The van der Waals surface area contributed by atoms with Crippen molar-refractivity contribution in [3.05, 3.63) is 242 Å². The number of nitrogens with zero attached hydrogens (tertiary/aromatic N) is 6. The average molecular weight is 859 g/mol. The molecule has 0 unspecified atom stereocenters. The highest BCUT2D eigenvalue weighted by Gasteiger charge is 2.19. The van der Waals surface area contributed by atoms with Crippen LogP contribution in [0.2, 0.25) is 0 Å². The molecule has 6 nitrogen and oxygen atoms in total. The Labute approximate surface area is 390 Å². The summed E-state index contributed by atoms with van der Waals surface area (Å²) in [5.74, 6) is 1.34. The number of pyridine rings is 2. The van der Waals surface area contributed by atoms with Crippen molar-refractivity contribution in [2.75, 3.05) is 0 Å². The van der Waals surface area contributed by atoms with Crippen molar-refractivity contribution in [2.45, 2.75) is 6.92 Å². The van der Waals surface area contributed by atoms with Gasteiger partial charge in [0.1, 0.15) is 0 Å². The van der Waals surface area contributed by atoms with Crippen LogP contribution in [0.5, 0.6) is 0 Å². The molecule has 0 atom stereocenters. The van der Waals surface area contributed by atoms with Crippen LogP contribution < -0.4 is 0 Å². The molecular weight excluding hydrogens is 817 g/mol. The minimum absolute atomic E-state index is 0.661. The molecule has 0 aliphatic heterocycles. The number of hydrogen-bond acceptors (Lipinski definition) is 6. The molecule has 67 heavy (non-hydrogen) atoms. The Kier molecular flexibility index (Phi) is 11.1. The van der Waals surface area contributed by atoms with Crippen molar-refractivity contribution in [1.82, 2.24) is 29.9 Å². The Hall–Kier alpha value is -9.00. The van der Waals surface area contributed by atoms with E-state index in [0.717, 1.165) is 107 Å². The van der Waals surface area contributed by atoms with Crippen LogP contribution in [0, 0.1) is 6.92 Å². The summed E-state index contributed by atoms with van der Waals surface area (Å²) in [5.41, 5.74) is 18.4. The van der Waals surface area contributed by atoms with E-state index in [1.807, 2.05) is 92.0 Å². The Morgan fingerprint density at radius 3 is 1.13 bits per heavy atom. The van der Waals surface area contributed by atoms with E-state index in [1.165, 1.54) is 0 Å². The number of rotatable bonds is 10. The van der Waals surface area contributed by atoms with Crippen LogP contribution in [-0.2, 0) is 0 Å². The normalized spacial score (nSPS) is 11.1. The van der Waals surface area contributed by atoms with Gasteiger partial charge in [-0.1, -0.05) is 182 Å². The first-order valence-corrected chi connectivity index (χ1v) is 22.3. The minimum Gasteiger partial charge on any atom is -0.256 e. The lowest BCUT2D eigenvalue weighted by molar-refractivity contribution is 1.18. The number of benzene rings is 7.